The summed E-state index contributed by atoms with van der Waals surface area (Å²) in [6, 6.07) is 11.1. The average Bonchev–Trinajstić information content (AvgIpc) is 2.69. The van der Waals surface area contributed by atoms with Crippen LogP contribution in [-0.4, -0.2) is 28.4 Å². The summed E-state index contributed by atoms with van der Waals surface area (Å²) in [6.45, 7) is 4.99. The van der Waals surface area contributed by atoms with Crippen molar-refractivity contribution in [3.63, 3.8) is 0 Å². The highest BCUT2D eigenvalue weighted by atomic mass is 16.6. The molecule has 0 saturated heterocycles. The largest absolute Gasteiger partial charge is 0.329 e. The summed E-state index contributed by atoms with van der Waals surface area (Å²) in [7, 11) is 0. The third-order valence-electron chi connectivity index (χ3n) is 4.07. The van der Waals surface area contributed by atoms with Gasteiger partial charge < -0.3 is 10.6 Å². The maximum absolute atomic E-state index is 12.2. The van der Waals surface area contributed by atoms with Crippen LogP contribution in [0.3, 0.4) is 0 Å². The molecule has 0 heterocycles. The zero-order chi connectivity index (χ0) is 22.3. The molecule has 0 fully saturated rings. The first-order valence-corrected chi connectivity index (χ1v) is 8.92. The second-order valence-electron chi connectivity index (χ2n) is 6.54. The lowest BCUT2D eigenvalue weighted by molar-refractivity contribution is -0.384. The second kappa shape index (κ2) is 9.92. The number of aryl methyl sites for hydroxylation is 2. The van der Waals surface area contributed by atoms with E-state index in [1.54, 1.807) is 38.1 Å². The summed E-state index contributed by atoms with van der Waals surface area (Å²) in [4.78, 5) is 46.3. The van der Waals surface area contributed by atoms with E-state index < -0.39 is 22.6 Å². The molecule has 0 aliphatic carbocycles. The zero-order valence-electron chi connectivity index (χ0n) is 16.7. The van der Waals surface area contributed by atoms with Crippen molar-refractivity contribution in [2.45, 2.75) is 27.2 Å². The quantitative estimate of drug-likeness (QED) is 0.290. The Morgan fingerprint density at radius 3 is 2.30 bits per heavy atom. The molecule has 0 spiro atoms. The first-order chi connectivity index (χ1) is 14.2. The number of hydrogen-bond donors (Lipinski definition) is 3. The number of para-hydroxylation sites is 1. The molecule has 0 aliphatic heterocycles. The van der Waals surface area contributed by atoms with E-state index >= 15 is 0 Å². The van der Waals surface area contributed by atoms with Gasteiger partial charge in [0.1, 0.15) is 0 Å². The van der Waals surface area contributed by atoms with E-state index in [4.69, 9.17) is 0 Å². The number of carbonyl (C=O) groups excluding carboxylic acids is 3. The molecule has 0 saturated carbocycles. The number of non-ortho nitro benzene ring substituents is 1. The lowest BCUT2D eigenvalue weighted by Crippen LogP contribution is -2.33. The Labute approximate surface area is 172 Å². The number of carbonyl (C=O) groups is 3. The predicted octanol–water partition coefficient (Wildman–Crippen LogP) is 2.67. The van der Waals surface area contributed by atoms with E-state index in [-0.39, 0.29) is 17.8 Å². The van der Waals surface area contributed by atoms with E-state index in [9.17, 15) is 24.5 Å². The summed E-state index contributed by atoms with van der Waals surface area (Å²) in [6.07, 6.45) is -0.179. The number of amides is 3. The second-order valence-corrected chi connectivity index (χ2v) is 6.54. The predicted molar refractivity (Wildman–Crippen MR) is 112 cm³/mol. The van der Waals surface area contributed by atoms with Gasteiger partial charge in [0.15, 0.2) is 0 Å². The summed E-state index contributed by atoms with van der Waals surface area (Å²) in [5, 5.41) is 19.7. The summed E-state index contributed by atoms with van der Waals surface area (Å²) >= 11 is 0. The normalized spacial score (nSPS) is 10.8. The molecule has 0 radical (unpaired) electrons. The first kappa shape index (κ1) is 22.2. The molecule has 0 aliphatic rings. The van der Waals surface area contributed by atoms with Crippen molar-refractivity contribution in [1.82, 2.24) is 5.43 Å². The maximum atomic E-state index is 12.2. The average molecular weight is 411 g/mol. The van der Waals surface area contributed by atoms with Crippen molar-refractivity contribution in [2.75, 3.05) is 10.6 Å². The van der Waals surface area contributed by atoms with Crippen molar-refractivity contribution >= 4 is 40.5 Å². The first-order valence-electron chi connectivity index (χ1n) is 8.92. The van der Waals surface area contributed by atoms with Crippen molar-refractivity contribution in [1.29, 1.82) is 0 Å². The van der Waals surface area contributed by atoms with E-state index in [1.807, 2.05) is 0 Å². The third kappa shape index (κ3) is 6.23. The fourth-order valence-electron chi connectivity index (χ4n) is 2.41. The fourth-order valence-corrected chi connectivity index (χ4v) is 2.41. The highest BCUT2D eigenvalue weighted by Crippen LogP contribution is 2.22. The number of nitrogens with zero attached hydrogens (tertiary/aromatic N) is 2. The highest BCUT2D eigenvalue weighted by molar-refractivity contribution is 6.39. The maximum Gasteiger partial charge on any atom is 0.329 e. The summed E-state index contributed by atoms with van der Waals surface area (Å²) in [5.74, 6) is -2.34. The van der Waals surface area contributed by atoms with E-state index in [2.05, 4.69) is 21.2 Å². The van der Waals surface area contributed by atoms with Gasteiger partial charge in [-0.05, 0) is 38.0 Å². The van der Waals surface area contributed by atoms with Crippen molar-refractivity contribution < 1.29 is 19.3 Å². The van der Waals surface area contributed by atoms with Gasteiger partial charge in [0.05, 0.1) is 17.0 Å². The molecule has 156 valence electrons. The molecule has 3 N–H and O–H groups in total. The number of hydrogen-bond acceptors (Lipinski definition) is 6. The van der Waals surface area contributed by atoms with Crippen LogP contribution in [0.1, 0.15) is 24.5 Å². The zero-order valence-corrected chi connectivity index (χ0v) is 16.7. The smallest absolute Gasteiger partial charge is 0.325 e. The van der Waals surface area contributed by atoms with E-state index in [1.165, 1.54) is 25.1 Å². The van der Waals surface area contributed by atoms with Crippen LogP contribution in [0.5, 0.6) is 0 Å². The number of nitrogens with one attached hydrogen (secondary N) is 3. The van der Waals surface area contributed by atoms with Crippen molar-refractivity contribution in [2.24, 2.45) is 5.10 Å². The van der Waals surface area contributed by atoms with Gasteiger partial charge >= 0.3 is 11.8 Å². The minimum absolute atomic E-state index is 0.145. The molecular weight excluding hydrogens is 390 g/mol. The van der Waals surface area contributed by atoms with Crippen LogP contribution in [0.2, 0.25) is 0 Å². The molecule has 2 aromatic carbocycles. The Balaban J connectivity index is 1.91. The number of nitro benzene ring substituents is 1. The van der Waals surface area contributed by atoms with Gasteiger partial charge in [-0.3, -0.25) is 24.5 Å². The van der Waals surface area contributed by atoms with Crippen molar-refractivity contribution in [3.05, 3.63) is 63.7 Å². The molecule has 3 amide bonds. The minimum Gasteiger partial charge on any atom is -0.325 e. The molecule has 0 unspecified atom stereocenters. The third-order valence-corrected chi connectivity index (χ3v) is 4.07. The van der Waals surface area contributed by atoms with Crippen LogP contribution in [0.4, 0.5) is 17.1 Å². The van der Waals surface area contributed by atoms with Crippen LogP contribution in [-0.2, 0) is 14.4 Å². The van der Waals surface area contributed by atoms with Crippen molar-refractivity contribution in [3.8, 4) is 0 Å². The number of nitro groups is 1. The number of benzene rings is 2. The van der Waals surface area contributed by atoms with Crippen LogP contribution < -0.4 is 16.1 Å². The van der Waals surface area contributed by atoms with Gasteiger partial charge in [-0.25, -0.2) is 5.43 Å². The van der Waals surface area contributed by atoms with Gasteiger partial charge in [-0.15, -0.1) is 0 Å². The van der Waals surface area contributed by atoms with Crippen LogP contribution in [0.25, 0.3) is 0 Å². The van der Waals surface area contributed by atoms with Gasteiger partial charge in [-0.2, -0.15) is 5.10 Å². The SMILES string of the molecule is C/C(CC(=O)Nc1cc([N+](=O)[O-])ccc1C)=N\NC(=O)C(=O)Nc1ccccc1C. The van der Waals surface area contributed by atoms with Gasteiger partial charge in [0.25, 0.3) is 5.69 Å². The number of hydrazone groups is 1. The monoisotopic (exact) mass is 411 g/mol. The Hall–Kier alpha value is -4.08. The molecule has 0 atom stereocenters. The van der Waals surface area contributed by atoms with E-state index in [0.717, 1.165) is 5.56 Å². The fraction of sp³-hybridized carbons (Fsp3) is 0.200. The van der Waals surface area contributed by atoms with Crippen LogP contribution in [0, 0.1) is 24.0 Å². The molecule has 0 aromatic heterocycles. The topological polar surface area (TPSA) is 143 Å². The Bertz CT molecular complexity index is 1030. The lowest BCUT2D eigenvalue weighted by atomic mass is 10.1. The highest BCUT2D eigenvalue weighted by Gasteiger charge is 2.15. The summed E-state index contributed by atoms with van der Waals surface area (Å²) in [5.41, 5.74) is 4.46. The Morgan fingerprint density at radius 2 is 1.63 bits per heavy atom. The Morgan fingerprint density at radius 1 is 0.967 bits per heavy atom. The van der Waals surface area contributed by atoms with Crippen LogP contribution in [0.15, 0.2) is 47.6 Å². The van der Waals surface area contributed by atoms with Crippen LogP contribution >= 0.6 is 0 Å². The molecule has 30 heavy (non-hydrogen) atoms. The van der Waals surface area contributed by atoms with Gasteiger partial charge in [0.2, 0.25) is 5.91 Å². The number of anilines is 2. The molecule has 10 nitrogen and oxygen atoms in total. The standard InChI is InChI=1S/C20H21N5O5/c1-12-6-4-5-7-16(12)22-19(27)20(28)24-23-14(3)10-18(26)21-17-11-15(25(29)30)9-8-13(17)2/h4-9,11H,10H2,1-3H3,(H,21,26)(H,22,27)(H,24,28)/b23-14+. The molecule has 2 rings (SSSR count). The van der Waals surface area contributed by atoms with E-state index in [0.29, 0.717) is 16.9 Å². The number of rotatable bonds is 6. The molecular formula is C20H21N5O5. The van der Waals surface area contributed by atoms with Gasteiger partial charge in [-0.1, -0.05) is 24.3 Å². The molecule has 2 aromatic rings. The molecule has 0 bridgehead atoms. The molecule has 10 heteroatoms. The van der Waals surface area contributed by atoms with Gasteiger partial charge in [0, 0.05) is 23.5 Å². The Kier molecular flexibility index (Phi) is 7.34. The minimum atomic E-state index is -0.979. The lowest BCUT2D eigenvalue weighted by Gasteiger charge is -2.09. The summed E-state index contributed by atoms with van der Waals surface area (Å²) < 4.78 is 0.